The van der Waals surface area contributed by atoms with Gasteiger partial charge in [0.05, 0.1) is 7.11 Å². The van der Waals surface area contributed by atoms with Crippen LogP contribution in [0.4, 0.5) is 0 Å². The van der Waals surface area contributed by atoms with Crippen molar-refractivity contribution in [2.75, 3.05) is 13.7 Å². The summed E-state index contributed by atoms with van der Waals surface area (Å²) >= 11 is 0. The number of nitrogens with zero attached hydrogens (tertiary/aromatic N) is 4. The van der Waals surface area contributed by atoms with Gasteiger partial charge in [-0.25, -0.2) is 0 Å². The van der Waals surface area contributed by atoms with Crippen LogP contribution in [0.25, 0.3) is 0 Å². The molecule has 0 amide bonds. The molecule has 1 aromatic carbocycles. The molecule has 0 N–H and O–H groups in total. The van der Waals surface area contributed by atoms with Crippen molar-refractivity contribution in [2.24, 2.45) is 0 Å². The van der Waals surface area contributed by atoms with Crippen molar-refractivity contribution in [3.8, 4) is 5.75 Å². The number of esters is 1. The second-order valence-electron chi connectivity index (χ2n) is 5.65. The molecule has 2 atom stereocenters. The van der Waals surface area contributed by atoms with Crippen molar-refractivity contribution in [2.45, 2.75) is 32.1 Å². The van der Waals surface area contributed by atoms with Crippen LogP contribution >= 0.6 is 0 Å². The number of tetrazole rings is 1. The quantitative estimate of drug-likeness (QED) is 0.582. The Kier molecular flexibility index (Phi) is 5.39. The van der Waals surface area contributed by atoms with E-state index in [0.29, 0.717) is 18.7 Å². The third kappa shape index (κ3) is 4.63. The molecule has 132 valence electrons. The average molecular weight is 344 g/mol. The summed E-state index contributed by atoms with van der Waals surface area (Å²) in [5.74, 6) is 1.06. The SMILES string of the molecule is COc1cccc(Cc2nnn(C3CC=CC(COC(C)=O)O3)n2)c1. The molecule has 0 aliphatic carbocycles. The highest BCUT2D eigenvalue weighted by atomic mass is 16.6. The Balaban J connectivity index is 1.62. The Morgan fingerprint density at radius 2 is 2.32 bits per heavy atom. The summed E-state index contributed by atoms with van der Waals surface area (Å²) in [6.07, 6.45) is 4.34. The van der Waals surface area contributed by atoms with Crippen LogP contribution in [-0.2, 0) is 20.7 Å². The van der Waals surface area contributed by atoms with Gasteiger partial charge in [-0.3, -0.25) is 4.79 Å². The number of aromatic nitrogens is 4. The van der Waals surface area contributed by atoms with E-state index in [2.05, 4.69) is 15.4 Å². The molecule has 2 heterocycles. The number of benzene rings is 1. The van der Waals surface area contributed by atoms with Gasteiger partial charge in [0, 0.05) is 19.8 Å². The highest BCUT2D eigenvalue weighted by Gasteiger charge is 2.22. The Morgan fingerprint density at radius 3 is 3.12 bits per heavy atom. The molecule has 0 saturated carbocycles. The Labute approximate surface area is 145 Å². The second-order valence-corrected chi connectivity index (χ2v) is 5.65. The van der Waals surface area contributed by atoms with Gasteiger partial charge in [0.1, 0.15) is 18.5 Å². The van der Waals surface area contributed by atoms with Crippen LogP contribution in [0.1, 0.15) is 31.0 Å². The van der Waals surface area contributed by atoms with E-state index in [-0.39, 0.29) is 24.9 Å². The molecule has 3 rings (SSSR count). The van der Waals surface area contributed by atoms with Crippen LogP contribution in [0, 0.1) is 0 Å². The highest BCUT2D eigenvalue weighted by molar-refractivity contribution is 5.65. The van der Waals surface area contributed by atoms with Crippen LogP contribution < -0.4 is 4.74 Å². The van der Waals surface area contributed by atoms with E-state index in [9.17, 15) is 4.79 Å². The lowest BCUT2D eigenvalue weighted by atomic mass is 10.1. The first-order chi connectivity index (χ1) is 12.1. The lowest BCUT2D eigenvalue weighted by molar-refractivity contribution is -0.148. The van der Waals surface area contributed by atoms with Gasteiger partial charge < -0.3 is 14.2 Å². The topological polar surface area (TPSA) is 88.4 Å². The summed E-state index contributed by atoms with van der Waals surface area (Å²) in [6, 6.07) is 7.74. The minimum absolute atomic E-state index is 0.174. The van der Waals surface area contributed by atoms with Crippen molar-refractivity contribution in [3.63, 3.8) is 0 Å². The zero-order valence-corrected chi connectivity index (χ0v) is 14.2. The van der Waals surface area contributed by atoms with Gasteiger partial charge in [-0.15, -0.1) is 15.0 Å². The molecular weight excluding hydrogens is 324 g/mol. The Morgan fingerprint density at radius 1 is 1.44 bits per heavy atom. The lowest BCUT2D eigenvalue weighted by Crippen LogP contribution is -2.28. The summed E-state index contributed by atoms with van der Waals surface area (Å²) in [6.45, 7) is 1.54. The van der Waals surface area contributed by atoms with E-state index < -0.39 is 0 Å². The zero-order valence-electron chi connectivity index (χ0n) is 14.2. The molecule has 0 saturated heterocycles. The number of carbonyl (C=O) groups is 1. The standard InChI is InChI=1S/C17H20N4O4/c1-12(22)24-11-15-7-4-8-17(25-15)21-19-16(18-20-21)10-13-5-3-6-14(9-13)23-2/h3-7,9,15,17H,8,10-11H2,1-2H3. The Bertz CT molecular complexity index is 759. The lowest BCUT2D eigenvalue weighted by Gasteiger charge is -2.24. The minimum atomic E-state index is -0.364. The number of carbonyl (C=O) groups excluding carboxylic acids is 1. The maximum atomic E-state index is 10.9. The smallest absolute Gasteiger partial charge is 0.302 e. The van der Waals surface area contributed by atoms with E-state index in [4.69, 9.17) is 14.2 Å². The molecule has 1 aliphatic rings. The Hall–Kier alpha value is -2.74. The predicted octanol–water partition coefficient (Wildman–Crippen LogP) is 1.68. The van der Waals surface area contributed by atoms with Gasteiger partial charge in [0.25, 0.3) is 0 Å². The first-order valence-electron chi connectivity index (χ1n) is 8.01. The molecule has 2 unspecified atom stereocenters. The first kappa shape index (κ1) is 17.1. The number of ether oxygens (including phenoxy) is 3. The summed E-state index contributed by atoms with van der Waals surface area (Å²) in [7, 11) is 1.63. The highest BCUT2D eigenvalue weighted by Crippen LogP contribution is 2.21. The normalized spacial score (nSPS) is 19.6. The molecule has 0 spiro atoms. The second kappa shape index (κ2) is 7.89. The maximum absolute atomic E-state index is 10.9. The molecule has 8 heteroatoms. The van der Waals surface area contributed by atoms with Crippen molar-refractivity contribution in [3.05, 3.63) is 47.8 Å². The fourth-order valence-electron chi connectivity index (χ4n) is 2.51. The molecular formula is C17H20N4O4. The van der Waals surface area contributed by atoms with E-state index in [0.717, 1.165) is 11.3 Å². The van der Waals surface area contributed by atoms with Crippen LogP contribution in [0.2, 0.25) is 0 Å². The zero-order chi connectivity index (χ0) is 17.6. The molecule has 2 aromatic rings. The summed E-state index contributed by atoms with van der Waals surface area (Å²) in [5.41, 5.74) is 1.04. The molecule has 1 aliphatic heterocycles. The van der Waals surface area contributed by atoms with Crippen LogP contribution in [0.5, 0.6) is 5.75 Å². The van der Waals surface area contributed by atoms with Crippen molar-refractivity contribution < 1.29 is 19.0 Å². The number of methoxy groups -OCH3 is 1. The van der Waals surface area contributed by atoms with E-state index >= 15 is 0 Å². The van der Waals surface area contributed by atoms with Crippen molar-refractivity contribution in [1.82, 2.24) is 20.2 Å². The van der Waals surface area contributed by atoms with E-state index in [1.165, 1.54) is 11.7 Å². The summed E-state index contributed by atoms with van der Waals surface area (Å²) in [5, 5.41) is 12.6. The fraction of sp³-hybridized carbons (Fsp3) is 0.412. The monoisotopic (exact) mass is 344 g/mol. The van der Waals surface area contributed by atoms with Gasteiger partial charge in [0.2, 0.25) is 0 Å². The summed E-state index contributed by atoms with van der Waals surface area (Å²) < 4.78 is 16.0. The van der Waals surface area contributed by atoms with Crippen molar-refractivity contribution >= 4 is 5.97 Å². The number of rotatable bonds is 6. The molecule has 8 nitrogen and oxygen atoms in total. The van der Waals surface area contributed by atoms with E-state index in [1.807, 2.05) is 36.4 Å². The third-order valence-electron chi connectivity index (χ3n) is 3.69. The predicted molar refractivity (Wildman–Crippen MR) is 87.9 cm³/mol. The third-order valence-corrected chi connectivity index (χ3v) is 3.69. The molecule has 0 bridgehead atoms. The van der Waals surface area contributed by atoms with Gasteiger partial charge in [-0.1, -0.05) is 24.3 Å². The fourth-order valence-corrected chi connectivity index (χ4v) is 2.51. The van der Waals surface area contributed by atoms with Crippen LogP contribution in [0.15, 0.2) is 36.4 Å². The minimum Gasteiger partial charge on any atom is -0.497 e. The molecule has 0 fully saturated rings. The van der Waals surface area contributed by atoms with Gasteiger partial charge in [-0.2, -0.15) is 0 Å². The molecule has 1 aromatic heterocycles. The molecule has 0 radical (unpaired) electrons. The number of hydrogen-bond donors (Lipinski definition) is 0. The molecule has 25 heavy (non-hydrogen) atoms. The van der Waals surface area contributed by atoms with Gasteiger partial charge >= 0.3 is 5.97 Å². The van der Waals surface area contributed by atoms with Crippen LogP contribution in [0.3, 0.4) is 0 Å². The number of hydrogen-bond acceptors (Lipinski definition) is 7. The largest absolute Gasteiger partial charge is 0.497 e. The maximum Gasteiger partial charge on any atom is 0.302 e. The summed E-state index contributed by atoms with van der Waals surface area (Å²) in [4.78, 5) is 12.4. The average Bonchev–Trinajstić information content (AvgIpc) is 3.09. The van der Waals surface area contributed by atoms with Crippen LogP contribution in [-0.4, -0.2) is 46.0 Å². The van der Waals surface area contributed by atoms with Crippen molar-refractivity contribution in [1.29, 1.82) is 0 Å². The van der Waals surface area contributed by atoms with Gasteiger partial charge in [0.15, 0.2) is 12.1 Å². The van der Waals surface area contributed by atoms with Gasteiger partial charge in [-0.05, 0) is 22.9 Å². The first-order valence-corrected chi connectivity index (χ1v) is 8.01. The van der Waals surface area contributed by atoms with E-state index in [1.54, 1.807) is 7.11 Å².